The van der Waals surface area contributed by atoms with Crippen LogP contribution < -0.4 is 4.90 Å². The van der Waals surface area contributed by atoms with E-state index < -0.39 is 0 Å². The summed E-state index contributed by atoms with van der Waals surface area (Å²) in [5.41, 5.74) is 3.02. The summed E-state index contributed by atoms with van der Waals surface area (Å²) in [6.45, 7) is 6.53. The first-order valence-corrected chi connectivity index (χ1v) is 8.17. The number of rotatable bonds is 6. The van der Waals surface area contributed by atoms with E-state index in [1.807, 2.05) is 68.4 Å². The zero-order chi connectivity index (χ0) is 17.5. The number of nitrogens with zero attached hydrogens (tertiary/aromatic N) is 2. The molecule has 0 unspecified atom stereocenters. The Kier molecular flexibility index (Phi) is 6.13. The fourth-order valence-corrected chi connectivity index (χ4v) is 2.67. The topological polar surface area (TPSA) is 40.6 Å². The number of para-hydroxylation sites is 1. The molecule has 0 aromatic heterocycles. The number of hydrogen-bond acceptors (Lipinski definition) is 2. The van der Waals surface area contributed by atoms with Crippen LogP contribution in [0.3, 0.4) is 0 Å². The third-order valence-electron chi connectivity index (χ3n) is 3.91. The molecule has 2 rings (SSSR count). The predicted molar refractivity (Wildman–Crippen MR) is 96.7 cm³/mol. The summed E-state index contributed by atoms with van der Waals surface area (Å²) in [5.74, 6) is -0.180. The lowest BCUT2D eigenvalue weighted by atomic mass is 10.1. The van der Waals surface area contributed by atoms with Crippen LogP contribution in [0.4, 0.5) is 5.69 Å². The smallest absolute Gasteiger partial charge is 0.246 e. The van der Waals surface area contributed by atoms with Gasteiger partial charge in [0.15, 0.2) is 0 Å². The lowest BCUT2D eigenvalue weighted by Gasteiger charge is -2.26. The molecule has 24 heavy (non-hydrogen) atoms. The van der Waals surface area contributed by atoms with Crippen molar-refractivity contribution in [2.75, 3.05) is 18.0 Å². The van der Waals surface area contributed by atoms with Gasteiger partial charge >= 0.3 is 0 Å². The van der Waals surface area contributed by atoms with Crippen molar-refractivity contribution >= 4 is 17.5 Å². The largest absolute Gasteiger partial charge is 0.329 e. The minimum atomic E-state index is -0.103. The quantitative estimate of drug-likeness (QED) is 0.817. The van der Waals surface area contributed by atoms with Crippen LogP contribution in [0.2, 0.25) is 0 Å². The van der Waals surface area contributed by atoms with Gasteiger partial charge in [0, 0.05) is 25.7 Å². The summed E-state index contributed by atoms with van der Waals surface area (Å²) in [7, 11) is 0. The molecule has 0 saturated carbocycles. The maximum absolute atomic E-state index is 12.7. The van der Waals surface area contributed by atoms with E-state index in [1.165, 1.54) is 6.92 Å². The van der Waals surface area contributed by atoms with Crippen LogP contribution in [-0.4, -0.2) is 29.8 Å². The number of hydrogen-bond donors (Lipinski definition) is 0. The molecule has 0 spiro atoms. The Morgan fingerprint density at radius 1 is 1.00 bits per heavy atom. The lowest BCUT2D eigenvalue weighted by Crippen LogP contribution is -2.42. The first kappa shape index (κ1) is 17.7. The predicted octanol–water partition coefficient (Wildman–Crippen LogP) is 3.40. The second kappa shape index (κ2) is 8.29. The SMILES string of the molecule is CCN(C(=O)CN(Cc1cccc(C)c1)C(C)=O)c1ccccc1. The first-order valence-electron chi connectivity index (χ1n) is 8.17. The van der Waals surface area contributed by atoms with Crippen LogP contribution in [0, 0.1) is 6.92 Å². The van der Waals surface area contributed by atoms with Gasteiger partial charge in [0.25, 0.3) is 0 Å². The van der Waals surface area contributed by atoms with Crippen molar-refractivity contribution in [2.45, 2.75) is 27.3 Å². The third-order valence-corrected chi connectivity index (χ3v) is 3.91. The highest BCUT2D eigenvalue weighted by Crippen LogP contribution is 2.14. The molecule has 0 saturated heterocycles. The molecule has 126 valence electrons. The van der Waals surface area contributed by atoms with Crippen molar-refractivity contribution in [3.05, 3.63) is 65.7 Å². The number of benzene rings is 2. The highest BCUT2D eigenvalue weighted by molar-refractivity contribution is 5.96. The van der Waals surface area contributed by atoms with Crippen molar-refractivity contribution < 1.29 is 9.59 Å². The minimum absolute atomic E-state index is 0.0754. The molecule has 0 bridgehead atoms. The van der Waals surface area contributed by atoms with E-state index >= 15 is 0 Å². The van der Waals surface area contributed by atoms with Gasteiger partial charge in [-0.15, -0.1) is 0 Å². The average Bonchev–Trinajstić information content (AvgIpc) is 2.56. The number of anilines is 1. The summed E-state index contributed by atoms with van der Waals surface area (Å²) in [6.07, 6.45) is 0. The van der Waals surface area contributed by atoms with Crippen LogP contribution in [-0.2, 0) is 16.1 Å². The van der Waals surface area contributed by atoms with E-state index in [2.05, 4.69) is 0 Å². The number of aryl methyl sites for hydroxylation is 1. The van der Waals surface area contributed by atoms with Crippen molar-refractivity contribution in [3.63, 3.8) is 0 Å². The monoisotopic (exact) mass is 324 g/mol. The van der Waals surface area contributed by atoms with E-state index in [-0.39, 0.29) is 18.4 Å². The van der Waals surface area contributed by atoms with E-state index in [9.17, 15) is 9.59 Å². The fourth-order valence-electron chi connectivity index (χ4n) is 2.67. The van der Waals surface area contributed by atoms with Crippen molar-refractivity contribution in [2.24, 2.45) is 0 Å². The highest BCUT2D eigenvalue weighted by Gasteiger charge is 2.19. The molecular weight excluding hydrogens is 300 g/mol. The molecule has 2 aromatic carbocycles. The summed E-state index contributed by atoms with van der Waals surface area (Å²) < 4.78 is 0. The zero-order valence-electron chi connectivity index (χ0n) is 14.5. The van der Waals surface area contributed by atoms with Crippen molar-refractivity contribution in [1.29, 1.82) is 0 Å². The van der Waals surface area contributed by atoms with Crippen LogP contribution in [0.5, 0.6) is 0 Å². The molecule has 0 atom stereocenters. The van der Waals surface area contributed by atoms with E-state index in [4.69, 9.17) is 0 Å². The molecule has 0 fully saturated rings. The van der Waals surface area contributed by atoms with Gasteiger partial charge in [-0.25, -0.2) is 0 Å². The summed E-state index contributed by atoms with van der Waals surface area (Å²) >= 11 is 0. The van der Waals surface area contributed by atoms with Gasteiger partial charge in [-0.3, -0.25) is 9.59 Å². The van der Waals surface area contributed by atoms with Gasteiger partial charge in [0.05, 0.1) is 0 Å². The maximum Gasteiger partial charge on any atom is 0.246 e. The Morgan fingerprint density at radius 3 is 2.29 bits per heavy atom. The standard InChI is InChI=1S/C20H24N2O2/c1-4-22(19-11-6-5-7-12-19)20(24)15-21(17(3)23)14-18-10-8-9-16(2)13-18/h5-13H,4,14-15H2,1-3H3. The Balaban J connectivity index is 2.11. The first-order chi connectivity index (χ1) is 11.5. The Hall–Kier alpha value is -2.62. The molecule has 2 amide bonds. The molecule has 0 aliphatic carbocycles. The van der Waals surface area contributed by atoms with Crippen LogP contribution in [0.25, 0.3) is 0 Å². The second-order valence-electron chi connectivity index (χ2n) is 5.84. The highest BCUT2D eigenvalue weighted by atomic mass is 16.2. The van der Waals surface area contributed by atoms with Crippen LogP contribution >= 0.6 is 0 Å². The van der Waals surface area contributed by atoms with Crippen molar-refractivity contribution in [3.8, 4) is 0 Å². The number of carbonyl (C=O) groups excluding carboxylic acids is 2. The molecule has 0 radical (unpaired) electrons. The molecule has 0 N–H and O–H groups in total. The molecule has 4 nitrogen and oxygen atoms in total. The van der Waals surface area contributed by atoms with E-state index in [0.717, 1.165) is 16.8 Å². The van der Waals surface area contributed by atoms with Gasteiger partial charge < -0.3 is 9.80 Å². The van der Waals surface area contributed by atoms with Gasteiger partial charge in [-0.2, -0.15) is 0 Å². The Morgan fingerprint density at radius 2 is 1.71 bits per heavy atom. The molecule has 0 heterocycles. The number of likely N-dealkylation sites (N-methyl/N-ethyl adjacent to an activating group) is 1. The Labute approximate surface area is 143 Å². The van der Waals surface area contributed by atoms with Gasteiger partial charge in [0.1, 0.15) is 6.54 Å². The molecule has 4 heteroatoms. The molecular formula is C20H24N2O2. The second-order valence-corrected chi connectivity index (χ2v) is 5.84. The lowest BCUT2D eigenvalue weighted by molar-refractivity contribution is -0.134. The van der Waals surface area contributed by atoms with Gasteiger partial charge in [-0.05, 0) is 31.5 Å². The van der Waals surface area contributed by atoms with Crippen molar-refractivity contribution in [1.82, 2.24) is 4.90 Å². The van der Waals surface area contributed by atoms with E-state index in [1.54, 1.807) is 9.80 Å². The summed E-state index contributed by atoms with van der Waals surface area (Å²) in [6, 6.07) is 17.5. The third kappa shape index (κ3) is 4.69. The maximum atomic E-state index is 12.7. The number of carbonyl (C=O) groups is 2. The zero-order valence-corrected chi connectivity index (χ0v) is 14.5. The summed E-state index contributed by atoms with van der Waals surface area (Å²) in [4.78, 5) is 27.9. The average molecular weight is 324 g/mol. The molecule has 0 aliphatic heterocycles. The fraction of sp³-hybridized carbons (Fsp3) is 0.300. The van der Waals surface area contributed by atoms with Crippen LogP contribution in [0.1, 0.15) is 25.0 Å². The van der Waals surface area contributed by atoms with Gasteiger partial charge in [0.2, 0.25) is 11.8 Å². The number of amides is 2. The normalized spacial score (nSPS) is 10.3. The molecule has 2 aromatic rings. The van der Waals surface area contributed by atoms with Crippen LogP contribution in [0.15, 0.2) is 54.6 Å². The summed E-state index contributed by atoms with van der Waals surface area (Å²) in [5, 5.41) is 0. The Bertz CT molecular complexity index is 698. The van der Waals surface area contributed by atoms with Gasteiger partial charge in [-0.1, -0.05) is 48.0 Å². The minimum Gasteiger partial charge on any atom is -0.329 e. The van der Waals surface area contributed by atoms with E-state index in [0.29, 0.717) is 13.1 Å². The molecule has 0 aliphatic rings.